The number of hydrogen-bond acceptors (Lipinski definition) is 2. The van der Waals surface area contributed by atoms with Crippen molar-refractivity contribution in [2.24, 2.45) is 11.8 Å². The van der Waals surface area contributed by atoms with E-state index in [1.165, 1.54) is 43.9 Å². The minimum Gasteiger partial charge on any atom is -0.316 e. The lowest BCUT2D eigenvalue weighted by Gasteiger charge is -2.27. The van der Waals surface area contributed by atoms with Gasteiger partial charge in [0.1, 0.15) is 0 Å². The second-order valence-electron chi connectivity index (χ2n) is 3.73. The molecule has 2 heterocycles. The van der Waals surface area contributed by atoms with E-state index in [0.717, 1.165) is 11.8 Å². The van der Waals surface area contributed by atoms with E-state index in [1.54, 1.807) is 0 Å². The normalized spacial score (nSPS) is 39.3. The molecule has 1 nitrogen and oxygen atoms in total. The maximum absolute atomic E-state index is 3.50. The molecule has 0 aromatic heterocycles. The smallest absolute Gasteiger partial charge is 0.00176 e. The Morgan fingerprint density at radius 2 is 2.18 bits per heavy atom. The molecule has 2 aliphatic heterocycles. The highest BCUT2D eigenvalue weighted by Gasteiger charge is 2.26. The molecule has 2 heteroatoms. The zero-order chi connectivity index (χ0) is 7.52. The molecule has 2 atom stereocenters. The third-order valence-electron chi connectivity index (χ3n) is 2.97. The largest absolute Gasteiger partial charge is 0.316 e. The maximum Gasteiger partial charge on any atom is -0.00176 e. The van der Waals surface area contributed by atoms with Crippen LogP contribution in [0.1, 0.15) is 19.3 Å². The minimum absolute atomic E-state index is 1.01. The van der Waals surface area contributed by atoms with Crippen molar-refractivity contribution < 1.29 is 0 Å². The highest BCUT2D eigenvalue weighted by molar-refractivity contribution is 7.99. The molecule has 64 valence electrons. The lowest BCUT2D eigenvalue weighted by atomic mass is 9.86. The number of nitrogens with one attached hydrogen (secondary N) is 1. The van der Waals surface area contributed by atoms with Gasteiger partial charge in [-0.15, -0.1) is 0 Å². The van der Waals surface area contributed by atoms with Crippen LogP contribution in [-0.4, -0.2) is 24.6 Å². The van der Waals surface area contributed by atoms with Crippen LogP contribution in [0.4, 0.5) is 0 Å². The van der Waals surface area contributed by atoms with Gasteiger partial charge in [0, 0.05) is 0 Å². The number of piperidine rings is 1. The predicted molar refractivity (Wildman–Crippen MR) is 51.0 cm³/mol. The molecule has 1 N–H and O–H groups in total. The summed E-state index contributed by atoms with van der Waals surface area (Å²) in [6.45, 7) is 2.56. The van der Waals surface area contributed by atoms with Crippen LogP contribution in [0.25, 0.3) is 0 Å². The summed E-state index contributed by atoms with van der Waals surface area (Å²) in [5.41, 5.74) is 0. The molecule has 0 amide bonds. The third-order valence-corrected chi connectivity index (χ3v) is 4.15. The molecule has 2 rings (SSSR count). The Balaban J connectivity index is 1.82. The molecule has 0 aromatic rings. The van der Waals surface area contributed by atoms with Crippen LogP contribution in [0.2, 0.25) is 0 Å². The van der Waals surface area contributed by atoms with Crippen LogP contribution >= 0.6 is 11.8 Å². The molecule has 0 spiro atoms. The molecule has 0 saturated carbocycles. The fourth-order valence-electron chi connectivity index (χ4n) is 2.21. The first-order valence-electron chi connectivity index (χ1n) is 4.75. The summed E-state index contributed by atoms with van der Waals surface area (Å²) in [7, 11) is 0. The maximum atomic E-state index is 3.50. The molecule has 0 bridgehead atoms. The summed E-state index contributed by atoms with van der Waals surface area (Å²) in [5, 5.41) is 3.50. The molecule has 11 heavy (non-hydrogen) atoms. The van der Waals surface area contributed by atoms with Gasteiger partial charge in [0.2, 0.25) is 0 Å². The van der Waals surface area contributed by atoms with Crippen LogP contribution in [0.15, 0.2) is 0 Å². The monoisotopic (exact) mass is 171 g/mol. The second kappa shape index (κ2) is 3.81. The second-order valence-corrected chi connectivity index (χ2v) is 4.88. The standard InChI is InChI=1S/C9H17NS/c1-2-8(6-10-4-1)9-3-5-11-7-9/h8-10H,1-7H2. The third kappa shape index (κ3) is 1.91. The fourth-order valence-corrected chi connectivity index (χ4v) is 3.58. The summed E-state index contributed by atoms with van der Waals surface area (Å²) < 4.78 is 0. The van der Waals surface area contributed by atoms with Crippen LogP contribution in [0, 0.1) is 11.8 Å². The van der Waals surface area contributed by atoms with E-state index in [4.69, 9.17) is 0 Å². The number of rotatable bonds is 1. The quantitative estimate of drug-likeness (QED) is 0.645. The highest BCUT2D eigenvalue weighted by atomic mass is 32.2. The molecule has 0 radical (unpaired) electrons. The predicted octanol–water partition coefficient (Wildman–Crippen LogP) is 1.74. The Morgan fingerprint density at radius 3 is 2.82 bits per heavy atom. The molecular formula is C9H17NS. The van der Waals surface area contributed by atoms with Gasteiger partial charge in [-0.25, -0.2) is 0 Å². The zero-order valence-electron chi connectivity index (χ0n) is 7.01. The Morgan fingerprint density at radius 1 is 1.18 bits per heavy atom. The van der Waals surface area contributed by atoms with Gasteiger partial charge < -0.3 is 5.32 Å². The topological polar surface area (TPSA) is 12.0 Å². The van der Waals surface area contributed by atoms with Crippen molar-refractivity contribution in [1.29, 1.82) is 0 Å². The van der Waals surface area contributed by atoms with Crippen molar-refractivity contribution in [3.63, 3.8) is 0 Å². The molecule has 2 unspecified atom stereocenters. The van der Waals surface area contributed by atoms with E-state index >= 15 is 0 Å². The fraction of sp³-hybridized carbons (Fsp3) is 1.00. The van der Waals surface area contributed by atoms with Crippen LogP contribution in [-0.2, 0) is 0 Å². The number of hydrogen-bond donors (Lipinski definition) is 1. The molecule has 0 aromatic carbocycles. The first kappa shape index (κ1) is 7.93. The van der Waals surface area contributed by atoms with Crippen molar-refractivity contribution >= 4 is 11.8 Å². The molecule has 2 fully saturated rings. The van der Waals surface area contributed by atoms with E-state index in [2.05, 4.69) is 17.1 Å². The van der Waals surface area contributed by atoms with Gasteiger partial charge in [-0.1, -0.05) is 0 Å². The van der Waals surface area contributed by atoms with Gasteiger partial charge in [0.25, 0.3) is 0 Å². The van der Waals surface area contributed by atoms with Gasteiger partial charge in [0.05, 0.1) is 0 Å². The van der Waals surface area contributed by atoms with Crippen molar-refractivity contribution in [3.8, 4) is 0 Å². The van der Waals surface area contributed by atoms with E-state index in [1.807, 2.05) is 0 Å². The van der Waals surface area contributed by atoms with Gasteiger partial charge in [-0.3, -0.25) is 0 Å². The van der Waals surface area contributed by atoms with Crippen LogP contribution < -0.4 is 5.32 Å². The summed E-state index contributed by atoms with van der Waals surface area (Å²) in [6, 6.07) is 0. The van der Waals surface area contributed by atoms with Crippen molar-refractivity contribution in [3.05, 3.63) is 0 Å². The van der Waals surface area contributed by atoms with E-state index in [-0.39, 0.29) is 0 Å². The average molecular weight is 171 g/mol. The Kier molecular flexibility index (Phi) is 2.75. The Hall–Kier alpha value is 0.310. The van der Waals surface area contributed by atoms with E-state index in [9.17, 15) is 0 Å². The molecule has 2 saturated heterocycles. The first-order valence-corrected chi connectivity index (χ1v) is 5.91. The van der Waals surface area contributed by atoms with Crippen LogP contribution in [0.5, 0.6) is 0 Å². The highest BCUT2D eigenvalue weighted by Crippen LogP contribution is 2.32. The zero-order valence-corrected chi connectivity index (χ0v) is 7.83. The van der Waals surface area contributed by atoms with Gasteiger partial charge in [0.15, 0.2) is 0 Å². The summed E-state index contributed by atoms with van der Waals surface area (Å²) in [4.78, 5) is 0. The lowest BCUT2D eigenvalue weighted by molar-refractivity contribution is 0.285. The number of thioether (sulfide) groups is 1. The van der Waals surface area contributed by atoms with E-state index in [0.29, 0.717) is 0 Å². The summed E-state index contributed by atoms with van der Waals surface area (Å²) in [6.07, 6.45) is 4.38. The van der Waals surface area contributed by atoms with Gasteiger partial charge in [-0.05, 0) is 55.7 Å². The van der Waals surface area contributed by atoms with Crippen molar-refractivity contribution in [2.75, 3.05) is 24.6 Å². The van der Waals surface area contributed by atoms with Crippen molar-refractivity contribution in [2.45, 2.75) is 19.3 Å². The van der Waals surface area contributed by atoms with Gasteiger partial charge in [-0.2, -0.15) is 11.8 Å². The van der Waals surface area contributed by atoms with Gasteiger partial charge >= 0.3 is 0 Å². The molecule has 2 aliphatic rings. The molecular weight excluding hydrogens is 154 g/mol. The first-order chi connectivity index (χ1) is 5.47. The molecule has 0 aliphatic carbocycles. The Labute approximate surface area is 73.3 Å². The van der Waals surface area contributed by atoms with Crippen LogP contribution in [0.3, 0.4) is 0 Å². The average Bonchev–Trinajstić information content (AvgIpc) is 2.58. The van der Waals surface area contributed by atoms with Crippen molar-refractivity contribution in [1.82, 2.24) is 5.32 Å². The SMILES string of the molecule is C1CNCC(C2CCSC2)C1. The van der Waals surface area contributed by atoms with E-state index < -0.39 is 0 Å². The summed E-state index contributed by atoms with van der Waals surface area (Å²) >= 11 is 2.15. The lowest BCUT2D eigenvalue weighted by Crippen LogP contribution is -2.34. The minimum atomic E-state index is 1.01. The Bertz CT molecular complexity index is 115. The summed E-state index contributed by atoms with van der Waals surface area (Å²) in [5.74, 6) is 4.92.